The molecule has 0 radical (unpaired) electrons. The van der Waals surface area contributed by atoms with Crippen molar-refractivity contribution in [3.8, 4) is 5.88 Å². The molecule has 2 heterocycles. The topological polar surface area (TPSA) is 59.1 Å². The number of halogens is 1. The third-order valence-corrected chi connectivity index (χ3v) is 3.22. The lowest BCUT2D eigenvalue weighted by atomic mass is 10.2. The van der Waals surface area contributed by atoms with E-state index in [-0.39, 0.29) is 12.4 Å². The fourth-order valence-corrected chi connectivity index (χ4v) is 2.29. The maximum atomic E-state index is 5.60. The molecular weight excluding hydrogens is 276 g/mol. The molecular formula is C14H19ClN4O. The van der Waals surface area contributed by atoms with Gasteiger partial charge in [-0.2, -0.15) is 0 Å². The maximum absolute atomic E-state index is 5.60. The van der Waals surface area contributed by atoms with E-state index in [2.05, 4.69) is 20.6 Å². The number of anilines is 1. The minimum absolute atomic E-state index is 0. The molecule has 0 amide bonds. The molecule has 5 nitrogen and oxygen atoms in total. The van der Waals surface area contributed by atoms with E-state index in [4.69, 9.17) is 4.74 Å². The van der Waals surface area contributed by atoms with Crippen LogP contribution in [0.25, 0.3) is 11.0 Å². The summed E-state index contributed by atoms with van der Waals surface area (Å²) in [4.78, 5) is 9.17. The standard InChI is InChI=1S/C14H18N4O.ClH/c1-2-19-14-13(16-10-7-8-15-9-10)17-11-5-3-4-6-12(11)18-14;/h3-6,10,15H,2,7-9H2,1H3,(H,16,17);1H/t10-;/m0./s1. The van der Waals surface area contributed by atoms with Gasteiger partial charge < -0.3 is 15.4 Å². The first-order chi connectivity index (χ1) is 9.36. The van der Waals surface area contributed by atoms with Gasteiger partial charge in [0.1, 0.15) is 0 Å². The lowest BCUT2D eigenvalue weighted by molar-refractivity contribution is 0.328. The molecule has 0 unspecified atom stereocenters. The van der Waals surface area contributed by atoms with Crippen molar-refractivity contribution >= 4 is 29.3 Å². The molecule has 2 aromatic rings. The number of rotatable bonds is 4. The van der Waals surface area contributed by atoms with Crippen molar-refractivity contribution in [2.24, 2.45) is 0 Å². The maximum Gasteiger partial charge on any atom is 0.258 e. The number of hydrogen-bond donors (Lipinski definition) is 2. The molecule has 0 bridgehead atoms. The summed E-state index contributed by atoms with van der Waals surface area (Å²) in [5.41, 5.74) is 1.75. The monoisotopic (exact) mass is 294 g/mol. The molecule has 0 spiro atoms. The highest BCUT2D eigenvalue weighted by atomic mass is 35.5. The first-order valence-electron chi connectivity index (χ1n) is 6.73. The van der Waals surface area contributed by atoms with Crippen LogP contribution in [0.2, 0.25) is 0 Å². The Labute approximate surface area is 124 Å². The SMILES string of the molecule is CCOc1nc2ccccc2nc1N[C@H]1CCNC1.Cl. The van der Waals surface area contributed by atoms with Gasteiger partial charge in [0.2, 0.25) is 0 Å². The number of fused-ring (bicyclic) bond motifs is 1. The van der Waals surface area contributed by atoms with Gasteiger partial charge >= 0.3 is 0 Å². The van der Waals surface area contributed by atoms with Crippen LogP contribution < -0.4 is 15.4 Å². The van der Waals surface area contributed by atoms with E-state index in [0.29, 0.717) is 18.5 Å². The fourth-order valence-electron chi connectivity index (χ4n) is 2.29. The van der Waals surface area contributed by atoms with Crippen molar-refractivity contribution in [1.29, 1.82) is 0 Å². The molecule has 2 N–H and O–H groups in total. The van der Waals surface area contributed by atoms with Gasteiger partial charge in [0.25, 0.3) is 5.88 Å². The van der Waals surface area contributed by atoms with Crippen molar-refractivity contribution in [3.63, 3.8) is 0 Å². The van der Waals surface area contributed by atoms with Crippen molar-refractivity contribution in [2.45, 2.75) is 19.4 Å². The van der Waals surface area contributed by atoms with Crippen LogP contribution in [0.4, 0.5) is 5.82 Å². The summed E-state index contributed by atoms with van der Waals surface area (Å²) in [6.07, 6.45) is 1.10. The minimum atomic E-state index is 0. The molecule has 0 saturated carbocycles. The van der Waals surface area contributed by atoms with Crippen LogP contribution in [0, 0.1) is 0 Å². The number of benzene rings is 1. The average Bonchev–Trinajstić information content (AvgIpc) is 2.93. The second-order valence-electron chi connectivity index (χ2n) is 4.63. The lowest BCUT2D eigenvalue weighted by Crippen LogP contribution is -2.23. The Morgan fingerprint density at radius 2 is 2.05 bits per heavy atom. The summed E-state index contributed by atoms with van der Waals surface area (Å²) >= 11 is 0. The van der Waals surface area contributed by atoms with Crippen molar-refractivity contribution in [1.82, 2.24) is 15.3 Å². The second kappa shape index (κ2) is 6.72. The zero-order valence-corrected chi connectivity index (χ0v) is 12.2. The minimum Gasteiger partial charge on any atom is -0.475 e. The lowest BCUT2D eigenvalue weighted by Gasteiger charge is -2.15. The van der Waals surface area contributed by atoms with Gasteiger partial charge in [0.05, 0.1) is 17.6 Å². The molecule has 20 heavy (non-hydrogen) atoms. The van der Waals surface area contributed by atoms with Crippen LogP contribution in [-0.2, 0) is 0 Å². The molecule has 1 atom stereocenters. The Kier molecular flexibility index (Phi) is 4.98. The van der Waals surface area contributed by atoms with Crippen LogP contribution >= 0.6 is 12.4 Å². The molecule has 1 fully saturated rings. The van der Waals surface area contributed by atoms with Gasteiger partial charge in [-0.05, 0) is 32.0 Å². The molecule has 108 valence electrons. The molecule has 1 aromatic heterocycles. The van der Waals surface area contributed by atoms with E-state index in [1.807, 2.05) is 31.2 Å². The van der Waals surface area contributed by atoms with E-state index in [9.17, 15) is 0 Å². The van der Waals surface area contributed by atoms with Gasteiger partial charge in [0, 0.05) is 12.6 Å². The molecule has 1 aromatic carbocycles. The third-order valence-electron chi connectivity index (χ3n) is 3.22. The molecule has 6 heteroatoms. The molecule has 1 saturated heterocycles. The summed E-state index contributed by atoms with van der Waals surface area (Å²) in [5, 5.41) is 6.76. The smallest absolute Gasteiger partial charge is 0.258 e. The van der Waals surface area contributed by atoms with Gasteiger partial charge in [-0.1, -0.05) is 12.1 Å². The number of aromatic nitrogens is 2. The summed E-state index contributed by atoms with van der Waals surface area (Å²) < 4.78 is 5.60. The number of nitrogens with one attached hydrogen (secondary N) is 2. The number of ether oxygens (including phenoxy) is 1. The van der Waals surface area contributed by atoms with E-state index < -0.39 is 0 Å². The quantitative estimate of drug-likeness (QED) is 0.905. The van der Waals surface area contributed by atoms with E-state index >= 15 is 0 Å². The Morgan fingerprint density at radius 1 is 1.30 bits per heavy atom. The fraction of sp³-hybridized carbons (Fsp3) is 0.429. The molecule has 1 aliphatic heterocycles. The summed E-state index contributed by atoms with van der Waals surface area (Å²) in [5.74, 6) is 1.34. The molecule has 1 aliphatic rings. The zero-order valence-electron chi connectivity index (χ0n) is 11.4. The first kappa shape index (κ1) is 14.8. The van der Waals surface area contributed by atoms with Crippen molar-refractivity contribution < 1.29 is 4.74 Å². The largest absolute Gasteiger partial charge is 0.475 e. The van der Waals surface area contributed by atoms with E-state index in [1.165, 1.54) is 0 Å². The number of hydrogen-bond acceptors (Lipinski definition) is 5. The average molecular weight is 295 g/mol. The number of para-hydroxylation sites is 2. The number of nitrogens with zero attached hydrogens (tertiary/aromatic N) is 2. The van der Waals surface area contributed by atoms with Crippen LogP contribution in [0.3, 0.4) is 0 Å². The third kappa shape index (κ3) is 3.11. The summed E-state index contributed by atoms with van der Waals surface area (Å²) in [6, 6.07) is 8.25. The zero-order chi connectivity index (χ0) is 13.1. The predicted molar refractivity (Wildman–Crippen MR) is 82.9 cm³/mol. The van der Waals surface area contributed by atoms with Crippen LogP contribution in [0.1, 0.15) is 13.3 Å². The van der Waals surface area contributed by atoms with Crippen LogP contribution in [0.5, 0.6) is 5.88 Å². The van der Waals surface area contributed by atoms with Crippen molar-refractivity contribution in [2.75, 3.05) is 25.0 Å². The first-order valence-corrected chi connectivity index (χ1v) is 6.73. The van der Waals surface area contributed by atoms with Gasteiger partial charge in [-0.15, -0.1) is 12.4 Å². The second-order valence-corrected chi connectivity index (χ2v) is 4.63. The summed E-state index contributed by atoms with van der Waals surface area (Å²) in [7, 11) is 0. The highest BCUT2D eigenvalue weighted by Gasteiger charge is 2.18. The van der Waals surface area contributed by atoms with E-state index in [0.717, 1.165) is 36.4 Å². The Morgan fingerprint density at radius 3 is 2.70 bits per heavy atom. The van der Waals surface area contributed by atoms with Gasteiger partial charge in [-0.3, -0.25) is 0 Å². The summed E-state index contributed by atoms with van der Waals surface area (Å²) in [6.45, 7) is 4.55. The van der Waals surface area contributed by atoms with Crippen molar-refractivity contribution in [3.05, 3.63) is 24.3 Å². The highest BCUT2D eigenvalue weighted by Crippen LogP contribution is 2.24. The highest BCUT2D eigenvalue weighted by molar-refractivity contribution is 5.85. The Hall–Kier alpha value is -1.59. The normalized spacial score (nSPS) is 17.8. The Balaban J connectivity index is 0.00000147. The predicted octanol–water partition coefficient (Wildman–Crippen LogP) is 2.22. The Bertz CT molecular complexity index is 572. The van der Waals surface area contributed by atoms with Crippen LogP contribution in [0.15, 0.2) is 24.3 Å². The van der Waals surface area contributed by atoms with Gasteiger partial charge in [-0.25, -0.2) is 9.97 Å². The molecule has 0 aliphatic carbocycles. The van der Waals surface area contributed by atoms with Gasteiger partial charge in [0.15, 0.2) is 5.82 Å². The van der Waals surface area contributed by atoms with Crippen LogP contribution in [-0.4, -0.2) is 35.7 Å². The van der Waals surface area contributed by atoms with E-state index in [1.54, 1.807) is 0 Å². The molecule has 3 rings (SSSR count).